The molecule has 0 saturated heterocycles. The number of hydrogen-bond donors (Lipinski definition) is 1. The summed E-state index contributed by atoms with van der Waals surface area (Å²) in [7, 11) is 0. The highest BCUT2D eigenvalue weighted by atomic mass is 16.1. The van der Waals surface area contributed by atoms with Gasteiger partial charge in [-0.3, -0.25) is 14.3 Å². The molecule has 1 aromatic heterocycles. The number of rotatable bonds is 7. The predicted molar refractivity (Wildman–Crippen MR) is 114 cm³/mol. The molecule has 0 fully saturated rings. The molecule has 146 valence electrons. The normalized spacial score (nSPS) is 11.0. The van der Waals surface area contributed by atoms with Gasteiger partial charge in [0.2, 0.25) is 11.3 Å². The van der Waals surface area contributed by atoms with Crippen molar-refractivity contribution in [2.24, 2.45) is 0 Å². The molecule has 3 rings (SSSR count). The van der Waals surface area contributed by atoms with Gasteiger partial charge in [0.1, 0.15) is 0 Å². The van der Waals surface area contributed by atoms with E-state index in [0.29, 0.717) is 18.0 Å². The first-order valence-corrected chi connectivity index (χ1v) is 9.61. The number of carbonyl (C=O) groups is 1. The SMILES string of the molecule is CCN(c1ccc(NC(=O)CCn2ncc(=O)c3ccccc32)cc1)C(C)C. The van der Waals surface area contributed by atoms with Crippen molar-refractivity contribution in [1.29, 1.82) is 0 Å². The summed E-state index contributed by atoms with van der Waals surface area (Å²) in [6.07, 6.45) is 1.57. The van der Waals surface area contributed by atoms with Crippen LogP contribution >= 0.6 is 0 Å². The molecule has 0 radical (unpaired) electrons. The number of para-hydroxylation sites is 1. The number of benzene rings is 2. The van der Waals surface area contributed by atoms with Crippen molar-refractivity contribution >= 4 is 28.2 Å². The molecule has 2 aromatic carbocycles. The molecular formula is C22H26N4O2. The summed E-state index contributed by atoms with van der Waals surface area (Å²) in [5.74, 6) is -0.0893. The van der Waals surface area contributed by atoms with Crippen LogP contribution in [0, 0.1) is 0 Å². The standard InChI is InChI=1S/C22H26N4O2/c1-4-25(16(2)3)18-11-9-17(10-12-18)24-22(28)13-14-26-20-8-6-5-7-19(20)21(27)15-23-26/h5-12,15-16H,4,13-14H2,1-3H3,(H,24,28). The van der Waals surface area contributed by atoms with E-state index in [-0.39, 0.29) is 17.8 Å². The topological polar surface area (TPSA) is 67.2 Å². The molecular weight excluding hydrogens is 352 g/mol. The molecule has 1 N–H and O–H groups in total. The Labute approximate surface area is 164 Å². The summed E-state index contributed by atoms with van der Waals surface area (Å²) in [6.45, 7) is 7.79. The molecule has 0 saturated carbocycles. The Bertz CT molecular complexity index is 1010. The van der Waals surface area contributed by atoms with Crippen LogP contribution in [0.2, 0.25) is 0 Å². The lowest BCUT2D eigenvalue weighted by Gasteiger charge is -2.27. The summed E-state index contributed by atoms with van der Waals surface area (Å²) < 4.78 is 1.70. The van der Waals surface area contributed by atoms with Crippen LogP contribution in [0.5, 0.6) is 0 Å². The van der Waals surface area contributed by atoms with Crippen LogP contribution in [-0.4, -0.2) is 28.3 Å². The molecule has 1 amide bonds. The number of fused-ring (bicyclic) bond motifs is 1. The second kappa shape index (κ2) is 8.69. The Hall–Kier alpha value is -3.15. The largest absolute Gasteiger partial charge is 0.369 e. The number of hydrogen-bond acceptors (Lipinski definition) is 4. The van der Waals surface area contributed by atoms with E-state index in [9.17, 15) is 9.59 Å². The zero-order valence-corrected chi connectivity index (χ0v) is 16.6. The fourth-order valence-electron chi connectivity index (χ4n) is 3.35. The number of anilines is 2. The van der Waals surface area contributed by atoms with Crippen molar-refractivity contribution in [3.63, 3.8) is 0 Å². The minimum absolute atomic E-state index is 0.0893. The molecule has 1 heterocycles. The second-order valence-electron chi connectivity index (χ2n) is 6.97. The third-order valence-electron chi connectivity index (χ3n) is 4.76. The molecule has 0 unspecified atom stereocenters. The molecule has 0 atom stereocenters. The molecule has 3 aromatic rings. The maximum atomic E-state index is 12.3. The fraction of sp³-hybridized carbons (Fsp3) is 0.318. The quantitative estimate of drug-likeness (QED) is 0.681. The van der Waals surface area contributed by atoms with Crippen LogP contribution in [0.4, 0.5) is 11.4 Å². The Morgan fingerprint density at radius 3 is 2.54 bits per heavy atom. The number of carbonyl (C=O) groups excluding carboxylic acids is 1. The number of aromatic nitrogens is 2. The molecule has 28 heavy (non-hydrogen) atoms. The van der Waals surface area contributed by atoms with E-state index in [2.05, 4.69) is 36.1 Å². The van der Waals surface area contributed by atoms with Gasteiger partial charge < -0.3 is 10.2 Å². The van der Waals surface area contributed by atoms with Crippen molar-refractivity contribution < 1.29 is 4.79 Å². The fourth-order valence-corrected chi connectivity index (χ4v) is 3.35. The van der Waals surface area contributed by atoms with Gasteiger partial charge >= 0.3 is 0 Å². The smallest absolute Gasteiger partial charge is 0.226 e. The number of nitrogens with zero attached hydrogens (tertiary/aromatic N) is 3. The highest BCUT2D eigenvalue weighted by molar-refractivity contribution is 5.91. The van der Waals surface area contributed by atoms with Crippen LogP contribution in [0.3, 0.4) is 0 Å². The monoisotopic (exact) mass is 378 g/mol. The average molecular weight is 378 g/mol. The first-order valence-electron chi connectivity index (χ1n) is 9.61. The maximum Gasteiger partial charge on any atom is 0.226 e. The molecule has 0 aliphatic heterocycles. The Balaban J connectivity index is 1.64. The van der Waals surface area contributed by atoms with Gasteiger partial charge in [-0.1, -0.05) is 12.1 Å². The first-order chi connectivity index (χ1) is 13.5. The maximum absolute atomic E-state index is 12.3. The van der Waals surface area contributed by atoms with E-state index in [4.69, 9.17) is 0 Å². The van der Waals surface area contributed by atoms with E-state index in [1.807, 2.05) is 42.5 Å². The van der Waals surface area contributed by atoms with Gasteiger partial charge in [-0.05, 0) is 57.2 Å². The zero-order valence-electron chi connectivity index (χ0n) is 16.6. The van der Waals surface area contributed by atoms with E-state index in [0.717, 1.165) is 23.4 Å². The van der Waals surface area contributed by atoms with Crippen molar-refractivity contribution in [3.8, 4) is 0 Å². The van der Waals surface area contributed by atoms with E-state index in [1.165, 1.54) is 6.20 Å². The van der Waals surface area contributed by atoms with Crippen molar-refractivity contribution in [3.05, 3.63) is 65.0 Å². The Kier molecular flexibility index (Phi) is 6.09. The number of aryl methyl sites for hydroxylation is 1. The van der Waals surface area contributed by atoms with Crippen molar-refractivity contribution in [2.45, 2.75) is 39.8 Å². The average Bonchev–Trinajstić information content (AvgIpc) is 2.69. The van der Waals surface area contributed by atoms with Crippen LogP contribution in [0.15, 0.2) is 59.5 Å². The molecule has 0 aliphatic carbocycles. The van der Waals surface area contributed by atoms with Gasteiger partial charge in [0.05, 0.1) is 18.3 Å². The van der Waals surface area contributed by atoms with E-state index >= 15 is 0 Å². The van der Waals surface area contributed by atoms with Crippen LogP contribution in [-0.2, 0) is 11.3 Å². The zero-order chi connectivity index (χ0) is 20.1. The van der Waals surface area contributed by atoms with E-state index in [1.54, 1.807) is 10.7 Å². The second-order valence-corrected chi connectivity index (χ2v) is 6.97. The van der Waals surface area contributed by atoms with Crippen LogP contribution in [0.1, 0.15) is 27.2 Å². The minimum Gasteiger partial charge on any atom is -0.369 e. The summed E-state index contributed by atoms with van der Waals surface area (Å²) >= 11 is 0. The van der Waals surface area contributed by atoms with E-state index < -0.39 is 0 Å². The van der Waals surface area contributed by atoms with Crippen LogP contribution in [0.25, 0.3) is 10.9 Å². The summed E-state index contributed by atoms with van der Waals surface area (Å²) in [4.78, 5) is 26.5. The van der Waals surface area contributed by atoms with Crippen LogP contribution < -0.4 is 15.6 Å². The van der Waals surface area contributed by atoms with Crippen molar-refractivity contribution in [1.82, 2.24) is 9.78 Å². The van der Waals surface area contributed by atoms with Gasteiger partial charge in [-0.15, -0.1) is 0 Å². The van der Waals surface area contributed by atoms with Gasteiger partial charge in [0, 0.05) is 35.8 Å². The van der Waals surface area contributed by atoms with Gasteiger partial charge in [-0.2, -0.15) is 5.10 Å². The Morgan fingerprint density at radius 2 is 1.86 bits per heavy atom. The Morgan fingerprint density at radius 1 is 1.14 bits per heavy atom. The predicted octanol–water partition coefficient (Wildman–Crippen LogP) is 3.66. The lowest BCUT2D eigenvalue weighted by molar-refractivity contribution is -0.116. The number of amides is 1. The first kappa shape index (κ1) is 19.6. The molecule has 6 heteroatoms. The third kappa shape index (κ3) is 4.39. The molecule has 0 aliphatic rings. The van der Waals surface area contributed by atoms with Gasteiger partial charge in [0.15, 0.2) is 0 Å². The highest BCUT2D eigenvalue weighted by Gasteiger charge is 2.09. The molecule has 0 bridgehead atoms. The van der Waals surface area contributed by atoms with Gasteiger partial charge in [0.25, 0.3) is 0 Å². The lowest BCUT2D eigenvalue weighted by Crippen LogP contribution is -2.30. The summed E-state index contributed by atoms with van der Waals surface area (Å²) in [6, 6.07) is 15.6. The van der Waals surface area contributed by atoms with Crippen molar-refractivity contribution in [2.75, 3.05) is 16.8 Å². The third-order valence-corrected chi connectivity index (χ3v) is 4.76. The summed E-state index contributed by atoms with van der Waals surface area (Å²) in [5, 5.41) is 7.70. The highest BCUT2D eigenvalue weighted by Crippen LogP contribution is 2.20. The molecule has 6 nitrogen and oxygen atoms in total. The molecule has 0 spiro atoms. The summed E-state index contributed by atoms with van der Waals surface area (Å²) in [5.41, 5.74) is 2.53. The number of nitrogens with one attached hydrogen (secondary N) is 1. The van der Waals surface area contributed by atoms with Gasteiger partial charge in [-0.25, -0.2) is 0 Å². The minimum atomic E-state index is -0.112. The lowest BCUT2D eigenvalue weighted by atomic mass is 10.2.